The van der Waals surface area contributed by atoms with Crippen molar-refractivity contribution in [3.05, 3.63) is 87.7 Å². The molecule has 1 aromatic carbocycles. The molecular weight excluding hydrogens is 349 g/mol. The van der Waals surface area contributed by atoms with Crippen molar-refractivity contribution in [1.82, 2.24) is 14.9 Å². The molecule has 3 heterocycles. The van der Waals surface area contributed by atoms with E-state index in [4.69, 9.17) is 4.42 Å². The van der Waals surface area contributed by atoms with Crippen LogP contribution in [0.15, 0.2) is 57.9 Å². The Morgan fingerprint density at radius 2 is 2.07 bits per heavy atom. The van der Waals surface area contributed by atoms with Crippen molar-refractivity contribution in [3.8, 4) is 0 Å². The van der Waals surface area contributed by atoms with Crippen LogP contribution in [0.5, 0.6) is 0 Å². The number of hydrogen-bond donors (Lipinski definition) is 1. The highest BCUT2D eigenvalue weighted by Crippen LogP contribution is 2.32. The second-order valence-electron chi connectivity index (χ2n) is 6.55. The molecular formula is C20H18FN3O3. The summed E-state index contributed by atoms with van der Waals surface area (Å²) in [6.45, 7) is 0.579. The van der Waals surface area contributed by atoms with E-state index in [2.05, 4.69) is 9.97 Å². The van der Waals surface area contributed by atoms with Crippen molar-refractivity contribution in [3.63, 3.8) is 0 Å². The van der Waals surface area contributed by atoms with E-state index in [1.165, 1.54) is 18.2 Å². The van der Waals surface area contributed by atoms with Crippen LogP contribution in [0.25, 0.3) is 0 Å². The molecule has 1 saturated heterocycles. The van der Waals surface area contributed by atoms with E-state index in [1.807, 2.05) is 0 Å². The van der Waals surface area contributed by atoms with Gasteiger partial charge in [-0.25, -0.2) is 9.37 Å². The maximum Gasteiger partial charge on any atom is 0.271 e. The highest BCUT2D eigenvalue weighted by atomic mass is 19.1. The number of nitrogens with one attached hydrogen (secondary N) is 1. The zero-order valence-corrected chi connectivity index (χ0v) is 14.5. The first kappa shape index (κ1) is 17.2. The smallest absolute Gasteiger partial charge is 0.271 e. The Bertz CT molecular complexity index is 1010. The summed E-state index contributed by atoms with van der Waals surface area (Å²) in [7, 11) is 0. The lowest BCUT2D eigenvalue weighted by Gasteiger charge is -2.22. The number of aromatic nitrogens is 2. The molecule has 4 rings (SSSR count). The molecule has 1 unspecified atom stereocenters. The van der Waals surface area contributed by atoms with Gasteiger partial charge >= 0.3 is 0 Å². The minimum absolute atomic E-state index is 0.242. The topological polar surface area (TPSA) is 79.2 Å². The second kappa shape index (κ2) is 7.19. The number of halogens is 1. The number of likely N-dealkylation sites (tertiary alicyclic amines) is 1. The van der Waals surface area contributed by atoms with Crippen LogP contribution in [0.1, 0.15) is 46.6 Å². The summed E-state index contributed by atoms with van der Waals surface area (Å²) in [5.74, 6) is 0.616. The lowest BCUT2D eigenvalue weighted by molar-refractivity contribution is 0.0708. The zero-order chi connectivity index (χ0) is 18.8. The fourth-order valence-electron chi connectivity index (χ4n) is 3.36. The molecule has 7 heteroatoms. The van der Waals surface area contributed by atoms with E-state index in [0.717, 1.165) is 18.4 Å². The van der Waals surface area contributed by atoms with Gasteiger partial charge in [0.05, 0.1) is 6.20 Å². The van der Waals surface area contributed by atoms with Gasteiger partial charge in [-0.2, -0.15) is 0 Å². The van der Waals surface area contributed by atoms with E-state index < -0.39 is 0 Å². The van der Waals surface area contributed by atoms with E-state index in [9.17, 15) is 14.0 Å². The number of pyridine rings is 1. The van der Waals surface area contributed by atoms with Crippen molar-refractivity contribution in [2.45, 2.75) is 25.3 Å². The first-order chi connectivity index (χ1) is 13.1. The van der Waals surface area contributed by atoms with E-state index in [1.54, 1.807) is 35.4 Å². The van der Waals surface area contributed by atoms with Gasteiger partial charge in [-0.3, -0.25) is 9.59 Å². The number of carbonyl (C=O) groups excluding carboxylic acids is 1. The molecule has 0 bridgehead atoms. The fraction of sp³-hybridized carbons (Fsp3) is 0.250. The Labute approximate surface area is 154 Å². The largest absolute Gasteiger partial charge is 0.443 e. The Morgan fingerprint density at radius 3 is 2.85 bits per heavy atom. The van der Waals surface area contributed by atoms with Crippen LogP contribution < -0.4 is 5.56 Å². The number of hydrogen-bond acceptors (Lipinski definition) is 4. The number of benzene rings is 1. The van der Waals surface area contributed by atoms with Crippen LogP contribution in [0.3, 0.4) is 0 Å². The molecule has 1 atom stereocenters. The number of amides is 1. The summed E-state index contributed by atoms with van der Waals surface area (Å²) in [5.41, 5.74) is 0.863. The van der Waals surface area contributed by atoms with Crippen molar-refractivity contribution in [2.24, 2.45) is 0 Å². The van der Waals surface area contributed by atoms with Crippen molar-refractivity contribution in [2.75, 3.05) is 6.54 Å². The molecule has 0 saturated carbocycles. The molecule has 0 radical (unpaired) electrons. The SMILES string of the molecule is O=C(c1cccc(=O)[nH]1)N1CCCC1c1ncc(Cc2ccc(F)cc2)o1. The number of aromatic amines is 1. The van der Waals surface area contributed by atoms with Gasteiger partial charge < -0.3 is 14.3 Å². The standard InChI is InChI=1S/C20H18FN3O3/c21-14-8-6-13(7-9-14)11-15-12-22-19(27-15)17-4-2-10-24(17)20(26)16-3-1-5-18(25)23-16/h1,3,5-9,12,17H,2,4,10-11H2,(H,23,25). The summed E-state index contributed by atoms with van der Waals surface area (Å²) >= 11 is 0. The lowest BCUT2D eigenvalue weighted by Crippen LogP contribution is -2.32. The first-order valence-corrected chi connectivity index (χ1v) is 8.79. The van der Waals surface area contributed by atoms with Crippen molar-refractivity contribution >= 4 is 5.91 Å². The van der Waals surface area contributed by atoms with Crippen LogP contribution in [0, 0.1) is 5.82 Å². The molecule has 0 spiro atoms. The summed E-state index contributed by atoms with van der Waals surface area (Å²) in [4.78, 5) is 32.8. The highest BCUT2D eigenvalue weighted by molar-refractivity contribution is 5.92. The van der Waals surface area contributed by atoms with Gasteiger partial charge in [-0.1, -0.05) is 18.2 Å². The van der Waals surface area contributed by atoms with Gasteiger partial charge in [0.15, 0.2) is 0 Å². The number of rotatable bonds is 4. The van der Waals surface area contributed by atoms with E-state index in [-0.39, 0.29) is 29.0 Å². The van der Waals surface area contributed by atoms with Crippen LogP contribution >= 0.6 is 0 Å². The van der Waals surface area contributed by atoms with Gasteiger partial charge in [0, 0.05) is 19.0 Å². The third kappa shape index (κ3) is 3.67. The fourth-order valence-corrected chi connectivity index (χ4v) is 3.36. The minimum atomic E-state index is -0.311. The minimum Gasteiger partial charge on any atom is -0.443 e. The quantitative estimate of drug-likeness (QED) is 0.769. The first-order valence-electron chi connectivity index (χ1n) is 8.79. The van der Waals surface area contributed by atoms with Gasteiger partial charge in [0.1, 0.15) is 23.3 Å². The molecule has 1 amide bonds. The number of oxazole rings is 1. The molecule has 1 N–H and O–H groups in total. The second-order valence-corrected chi connectivity index (χ2v) is 6.55. The number of carbonyl (C=O) groups is 1. The number of nitrogens with zero attached hydrogens (tertiary/aromatic N) is 2. The zero-order valence-electron chi connectivity index (χ0n) is 14.5. The van der Waals surface area contributed by atoms with E-state index in [0.29, 0.717) is 24.6 Å². The summed E-state index contributed by atoms with van der Waals surface area (Å²) in [6.07, 6.45) is 3.73. The summed E-state index contributed by atoms with van der Waals surface area (Å²) in [6, 6.07) is 10.5. The monoisotopic (exact) mass is 367 g/mol. The predicted octanol–water partition coefficient (Wildman–Crippen LogP) is 3.07. The average molecular weight is 367 g/mol. The van der Waals surface area contributed by atoms with Crippen molar-refractivity contribution in [1.29, 1.82) is 0 Å². The van der Waals surface area contributed by atoms with Crippen LogP contribution in [0.2, 0.25) is 0 Å². The van der Waals surface area contributed by atoms with Gasteiger partial charge in [-0.15, -0.1) is 0 Å². The molecule has 1 aliphatic rings. The Hall–Kier alpha value is -3.22. The average Bonchev–Trinajstić information content (AvgIpc) is 3.32. The summed E-state index contributed by atoms with van der Waals surface area (Å²) < 4.78 is 18.9. The number of H-pyrrole nitrogens is 1. The maximum absolute atomic E-state index is 13.0. The third-order valence-electron chi connectivity index (χ3n) is 4.66. The normalized spacial score (nSPS) is 16.6. The molecule has 6 nitrogen and oxygen atoms in total. The molecule has 1 aliphatic heterocycles. The Balaban J connectivity index is 1.52. The van der Waals surface area contributed by atoms with Crippen LogP contribution in [0.4, 0.5) is 4.39 Å². The van der Waals surface area contributed by atoms with Gasteiger partial charge in [-0.05, 0) is 36.6 Å². The molecule has 138 valence electrons. The third-order valence-corrected chi connectivity index (χ3v) is 4.66. The molecule has 1 fully saturated rings. The molecule has 0 aliphatic carbocycles. The molecule has 2 aromatic heterocycles. The Morgan fingerprint density at radius 1 is 1.26 bits per heavy atom. The lowest BCUT2D eigenvalue weighted by atomic mass is 10.1. The molecule has 3 aromatic rings. The Kier molecular flexibility index (Phi) is 4.58. The summed E-state index contributed by atoms with van der Waals surface area (Å²) in [5, 5.41) is 0. The predicted molar refractivity (Wildman–Crippen MR) is 95.8 cm³/mol. The van der Waals surface area contributed by atoms with E-state index >= 15 is 0 Å². The molecule has 27 heavy (non-hydrogen) atoms. The van der Waals surface area contributed by atoms with Gasteiger partial charge in [0.25, 0.3) is 5.91 Å². The maximum atomic E-state index is 13.0. The van der Waals surface area contributed by atoms with Crippen LogP contribution in [-0.2, 0) is 6.42 Å². The highest BCUT2D eigenvalue weighted by Gasteiger charge is 2.34. The van der Waals surface area contributed by atoms with Crippen molar-refractivity contribution < 1.29 is 13.6 Å². The van der Waals surface area contributed by atoms with Gasteiger partial charge in [0.2, 0.25) is 11.4 Å². The van der Waals surface area contributed by atoms with Crippen LogP contribution in [-0.4, -0.2) is 27.3 Å².